The summed E-state index contributed by atoms with van der Waals surface area (Å²) >= 11 is 0. The molecule has 122 valence electrons. The number of rotatable bonds is 4. The van der Waals surface area contributed by atoms with Gasteiger partial charge in [0.05, 0.1) is 23.9 Å². The molecule has 0 aliphatic rings. The van der Waals surface area contributed by atoms with Gasteiger partial charge in [0.25, 0.3) is 0 Å². The molecule has 3 aromatic rings. The first-order valence-electron chi connectivity index (χ1n) is 7.82. The van der Waals surface area contributed by atoms with Crippen LogP contribution in [0.15, 0.2) is 54.6 Å². The molecule has 0 N–H and O–H groups in total. The van der Waals surface area contributed by atoms with Crippen molar-refractivity contribution < 1.29 is 9.53 Å². The van der Waals surface area contributed by atoms with Gasteiger partial charge in [-0.05, 0) is 20.2 Å². The maximum atomic E-state index is 12.5. The molecule has 24 heavy (non-hydrogen) atoms. The van der Waals surface area contributed by atoms with Gasteiger partial charge in [-0.3, -0.25) is 0 Å². The first-order valence-corrected chi connectivity index (χ1v) is 7.82. The molecule has 0 unspecified atom stereocenters. The van der Waals surface area contributed by atoms with Gasteiger partial charge in [-0.1, -0.05) is 48.5 Å². The average Bonchev–Trinajstić information content (AvgIpc) is 2.60. The maximum Gasteiger partial charge on any atom is 0.338 e. The van der Waals surface area contributed by atoms with E-state index in [-0.39, 0.29) is 5.97 Å². The molecule has 2 aromatic carbocycles. The van der Waals surface area contributed by atoms with E-state index < -0.39 is 0 Å². The second-order valence-electron chi connectivity index (χ2n) is 5.93. The van der Waals surface area contributed by atoms with Gasteiger partial charge in [-0.2, -0.15) is 0 Å². The summed E-state index contributed by atoms with van der Waals surface area (Å²) in [7, 11) is 5.37. The highest BCUT2D eigenvalue weighted by molar-refractivity contribution is 6.06. The summed E-state index contributed by atoms with van der Waals surface area (Å²) in [5.74, 6) is -0.331. The predicted octanol–water partition coefficient (Wildman–Crippen LogP) is 3.75. The van der Waals surface area contributed by atoms with E-state index in [1.165, 1.54) is 7.11 Å². The molecule has 0 aliphatic heterocycles. The van der Waals surface area contributed by atoms with Crippen LogP contribution in [0, 0.1) is 0 Å². The van der Waals surface area contributed by atoms with Crippen LogP contribution in [0.1, 0.15) is 15.9 Å². The molecule has 4 nitrogen and oxygen atoms in total. The van der Waals surface area contributed by atoms with Gasteiger partial charge in [0, 0.05) is 23.1 Å². The lowest BCUT2D eigenvalue weighted by Gasteiger charge is -2.19. The van der Waals surface area contributed by atoms with Crippen LogP contribution in [0.2, 0.25) is 0 Å². The van der Waals surface area contributed by atoms with Crippen molar-refractivity contribution in [2.75, 3.05) is 21.2 Å². The zero-order valence-electron chi connectivity index (χ0n) is 14.1. The molecule has 0 bridgehead atoms. The third-order valence-electron chi connectivity index (χ3n) is 3.90. The summed E-state index contributed by atoms with van der Waals surface area (Å²) < 4.78 is 5.07. The SMILES string of the molecule is COC(=O)c1c(CN(C)C)c(-c2ccccc2)nc2ccccc12. The van der Waals surface area contributed by atoms with Crippen molar-refractivity contribution in [1.29, 1.82) is 0 Å². The Labute approximate surface area is 141 Å². The fourth-order valence-electron chi connectivity index (χ4n) is 2.89. The fourth-order valence-corrected chi connectivity index (χ4v) is 2.89. The number of pyridine rings is 1. The highest BCUT2D eigenvalue weighted by atomic mass is 16.5. The Morgan fingerprint density at radius 1 is 1.04 bits per heavy atom. The number of hydrogen-bond donors (Lipinski definition) is 0. The smallest absolute Gasteiger partial charge is 0.338 e. The molecule has 1 heterocycles. The lowest BCUT2D eigenvalue weighted by atomic mass is 9.96. The monoisotopic (exact) mass is 320 g/mol. The van der Waals surface area contributed by atoms with Gasteiger partial charge in [0.15, 0.2) is 0 Å². The number of nitrogens with zero attached hydrogens (tertiary/aromatic N) is 2. The van der Waals surface area contributed by atoms with Crippen molar-refractivity contribution >= 4 is 16.9 Å². The first kappa shape index (κ1) is 16.1. The molecule has 0 atom stereocenters. The number of carbonyl (C=O) groups is 1. The Morgan fingerprint density at radius 2 is 1.71 bits per heavy atom. The Morgan fingerprint density at radius 3 is 2.38 bits per heavy atom. The zero-order valence-corrected chi connectivity index (χ0v) is 14.1. The third kappa shape index (κ3) is 3.01. The summed E-state index contributed by atoms with van der Waals surface area (Å²) in [5, 5.41) is 0.820. The number of hydrogen-bond acceptors (Lipinski definition) is 4. The third-order valence-corrected chi connectivity index (χ3v) is 3.90. The second-order valence-corrected chi connectivity index (χ2v) is 5.93. The van der Waals surface area contributed by atoms with Crippen LogP contribution in [0.3, 0.4) is 0 Å². The van der Waals surface area contributed by atoms with Gasteiger partial charge in [0.2, 0.25) is 0 Å². The molecular formula is C20H20N2O2. The van der Waals surface area contributed by atoms with E-state index in [9.17, 15) is 4.79 Å². The average molecular weight is 320 g/mol. The van der Waals surface area contributed by atoms with Crippen molar-refractivity contribution in [2.45, 2.75) is 6.54 Å². The lowest BCUT2D eigenvalue weighted by Crippen LogP contribution is -2.17. The molecule has 0 aliphatic carbocycles. The first-order chi connectivity index (χ1) is 11.6. The number of aromatic nitrogens is 1. The van der Waals surface area contributed by atoms with Crippen LogP contribution in [-0.2, 0) is 11.3 Å². The Kier molecular flexibility index (Phi) is 4.58. The molecule has 0 saturated carbocycles. The highest BCUT2D eigenvalue weighted by Crippen LogP contribution is 2.31. The van der Waals surface area contributed by atoms with Crippen LogP contribution in [0.5, 0.6) is 0 Å². The van der Waals surface area contributed by atoms with Crippen molar-refractivity contribution in [1.82, 2.24) is 9.88 Å². The molecule has 1 aromatic heterocycles. The van der Waals surface area contributed by atoms with E-state index in [0.717, 1.165) is 27.7 Å². The van der Waals surface area contributed by atoms with Crippen molar-refractivity contribution in [3.8, 4) is 11.3 Å². The molecule has 0 amide bonds. The van der Waals surface area contributed by atoms with Gasteiger partial charge in [-0.15, -0.1) is 0 Å². The minimum absolute atomic E-state index is 0.331. The van der Waals surface area contributed by atoms with E-state index in [2.05, 4.69) is 0 Å². The van der Waals surface area contributed by atoms with Gasteiger partial charge in [-0.25, -0.2) is 9.78 Å². The van der Waals surface area contributed by atoms with Crippen LogP contribution in [-0.4, -0.2) is 37.1 Å². The van der Waals surface area contributed by atoms with Gasteiger partial charge >= 0.3 is 5.97 Å². The molecular weight excluding hydrogens is 300 g/mol. The van der Waals surface area contributed by atoms with Crippen LogP contribution in [0.4, 0.5) is 0 Å². The molecule has 4 heteroatoms. The maximum absolute atomic E-state index is 12.5. The van der Waals surface area contributed by atoms with Crippen LogP contribution >= 0.6 is 0 Å². The standard InChI is InChI=1S/C20H20N2O2/c1-22(2)13-16-18(20(23)24-3)15-11-7-8-12-17(15)21-19(16)14-9-5-4-6-10-14/h4-12H,13H2,1-3H3. The topological polar surface area (TPSA) is 42.4 Å². The van der Waals surface area contributed by atoms with E-state index in [0.29, 0.717) is 12.1 Å². The fraction of sp³-hybridized carbons (Fsp3) is 0.200. The zero-order chi connectivity index (χ0) is 17.1. The van der Waals surface area contributed by atoms with Gasteiger partial charge in [0.1, 0.15) is 0 Å². The van der Waals surface area contributed by atoms with Crippen molar-refractivity contribution in [3.63, 3.8) is 0 Å². The molecule has 0 fully saturated rings. The quantitative estimate of drug-likeness (QED) is 0.687. The Bertz CT molecular complexity index is 873. The normalized spacial score (nSPS) is 11.0. The number of ether oxygens (including phenoxy) is 1. The van der Waals surface area contributed by atoms with Crippen molar-refractivity contribution in [2.24, 2.45) is 0 Å². The van der Waals surface area contributed by atoms with E-state index in [1.807, 2.05) is 73.6 Å². The summed E-state index contributed by atoms with van der Waals surface area (Å²) in [6.07, 6.45) is 0. The Balaban J connectivity index is 2.39. The number of fused-ring (bicyclic) bond motifs is 1. The van der Waals surface area contributed by atoms with Crippen molar-refractivity contribution in [3.05, 3.63) is 65.7 Å². The molecule has 0 spiro atoms. The second kappa shape index (κ2) is 6.81. The summed E-state index contributed by atoms with van der Waals surface area (Å²) in [6, 6.07) is 17.6. The van der Waals surface area contributed by atoms with E-state index >= 15 is 0 Å². The predicted molar refractivity (Wildman–Crippen MR) is 95.9 cm³/mol. The number of carbonyl (C=O) groups excluding carboxylic acids is 1. The largest absolute Gasteiger partial charge is 0.465 e. The Hall–Kier alpha value is -2.72. The number of para-hydroxylation sites is 1. The summed E-state index contributed by atoms with van der Waals surface area (Å²) in [6.45, 7) is 0.604. The summed E-state index contributed by atoms with van der Waals surface area (Å²) in [4.78, 5) is 19.4. The highest BCUT2D eigenvalue weighted by Gasteiger charge is 2.22. The lowest BCUT2D eigenvalue weighted by molar-refractivity contribution is 0.0601. The van der Waals surface area contributed by atoms with Crippen LogP contribution < -0.4 is 0 Å². The number of esters is 1. The molecule has 0 radical (unpaired) electrons. The minimum Gasteiger partial charge on any atom is -0.465 e. The van der Waals surface area contributed by atoms with Gasteiger partial charge < -0.3 is 9.64 Å². The van der Waals surface area contributed by atoms with E-state index in [1.54, 1.807) is 0 Å². The van der Waals surface area contributed by atoms with E-state index in [4.69, 9.17) is 9.72 Å². The molecule has 0 saturated heterocycles. The number of benzene rings is 2. The summed E-state index contributed by atoms with van der Waals surface area (Å²) in [5.41, 5.74) is 4.08. The molecule has 3 rings (SSSR count). The minimum atomic E-state index is -0.331. The van der Waals surface area contributed by atoms with Crippen LogP contribution in [0.25, 0.3) is 22.2 Å². The number of methoxy groups -OCH3 is 1.